The fraction of sp³-hybridized carbons (Fsp3) is 0.294. The molecule has 0 aliphatic carbocycles. The Bertz CT molecular complexity index is 509. The first-order valence-electron chi connectivity index (χ1n) is 6.48. The summed E-state index contributed by atoms with van der Waals surface area (Å²) in [6, 6.07) is 17.2. The highest BCUT2D eigenvalue weighted by molar-refractivity contribution is 5.34. The largest absolute Gasteiger partial charge is 0.488 e. The fourth-order valence-corrected chi connectivity index (χ4v) is 1.90. The van der Waals surface area contributed by atoms with Crippen molar-refractivity contribution in [2.24, 2.45) is 0 Å². The van der Waals surface area contributed by atoms with Crippen molar-refractivity contribution in [1.82, 2.24) is 0 Å². The van der Waals surface area contributed by atoms with Gasteiger partial charge in [0.2, 0.25) is 0 Å². The monoisotopic (exact) mass is 256 g/mol. The van der Waals surface area contributed by atoms with Crippen molar-refractivity contribution in [3.8, 4) is 5.75 Å². The zero-order valence-electron chi connectivity index (χ0n) is 11.6. The van der Waals surface area contributed by atoms with Gasteiger partial charge in [-0.2, -0.15) is 0 Å². The van der Waals surface area contributed by atoms with Gasteiger partial charge in [0, 0.05) is 0 Å². The van der Waals surface area contributed by atoms with E-state index in [2.05, 4.69) is 0 Å². The molecule has 19 heavy (non-hydrogen) atoms. The van der Waals surface area contributed by atoms with Crippen molar-refractivity contribution in [3.05, 3.63) is 65.7 Å². The number of benzene rings is 2. The first-order valence-corrected chi connectivity index (χ1v) is 6.48. The Morgan fingerprint density at radius 3 is 1.89 bits per heavy atom. The van der Waals surface area contributed by atoms with Gasteiger partial charge >= 0.3 is 0 Å². The van der Waals surface area contributed by atoms with Gasteiger partial charge in [-0.3, -0.25) is 0 Å². The fourth-order valence-electron chi connectivity index (χ4n) is 1.90. The van der Waals surface area contributed by atoms with E-state index >= 15 is 0 Å². The van der Waals surface area contributed by atoms with E-state index in [0.717, 1.165) is 16.9 Å². The Morgan fingerprint density at radius 1 is 0.842 bits per heavy atom. The number of ether oxygens (including phenoxy) is 1. The second-order valence-electron chi connectivity index (χ2n) is 5.60. The molecule has 0 bridgehead atoms. The van der Waals surface area contributed by atoms with E-state index in [1.165, 1.54) is 0 Å². The van der Waals surface area contributed by atoms with Gasteiger partial charge in [0.1, 0.15) is 17.5 Å². The third kappa shape index (κ3) is 3.83. The summed E-state index contributed by atoms with van der Waals surface area (Å²) < 4.78 is 5.76. The zero-order valence-corrected chi connectivity index (χ0v) is 11.6. The van der Waals surface area contributed by atoms with Gasteiger partial charge in [-0.15, -0.1) is 0 Å². The molecule has 2 rings (SSSR count). The molecule has 0 saturated heterocycles. The maximum Gasteiger partial charge on any atom is 0.120 e. The Morgan fingerprint density at radius 2 is 1.37 bits per heavy atom. The van der Waals surface area contributed by atoms with Gasteiger partial charge in [-0.1, -0.05) is 42.5 Å². The van der Waals surface area contributed by atoms with E-state index in [-0.39, 0.29) is 5.60 Å². The van der Waals surface area contributed by atoms with Crippen LogP contribution in [0.4, 0.5) is 0 Å². The highest BCUT2D eigenvalue weighted by atomic mass is 16.5. The van der Waals surface area contributed by atoms with E-state index in [1.54, 1.807) is 0 Å². The lowest BCUT2D eigenvalue weighted by Crippen LogP contribution is -2.22. The second-order valence-corrected chi connectivity index (χ2v) is 5.60. The smallest absolute Gasteiger partial charge is 0.120 e. The lowest BCUT2D eigenvalue weighted by atomic mass is 10.0. The molecule has 1 atom stereocenters. The quantitative estimate of drug-likeness (QED) is 0.901. The summed E-state index contributed by atoms with van der Waals surface area (Å²) in [6.45, 7) is 6.04. The van der Waals surface area contributed by atoms with Crippen molar-refractivity contribution < 1.29 is 9.84 Å². The van der Waals surface area contributed by atoms with Crippen LogP contribution in [0.15, 0.2) is 54.6 Å². The molecule has 100 valence electrons. The summed E-state index contributed by atoms with van der Waals surface area (Å²) in [4.78, 5) is 0. The van der Waals surface area contributed by atoms with Crippen molar-refractivity contribution in [2.45, 2.75) is 32.5 Å². The molecule has 2 nitrogen and oxygen atoms in total. The van der Waals surface area contributed by atoms with E-state index in [9.17, 15) is 5.11 Å². The Kier molecular flexibility index (Phi) is 3.91. The molecule has 2 heteroatoms. The standard InChI is InChI=1S/C17H20O2/c1-17(2,3)19-15-11-9-14(10-12-15)16(18)13-7-5-4-6-8-13/h4-12,16,18H,1-3H3. The second kappa shape index (κ2) is 5.45. The molecule has 0 saturated carbocycles. The highest BCUT2D eigenvalue weighted by Crippen LogP contribution is 2.25. The van der Waals surface area contributed by atoms with E-state index in [1.807, 2.05) is 75.4 Å². The molecule has 0 radical (unpaired) electrons. The third-order valence-electron chi connectivity index (χ3n) is 2.74. The summed E-state index contributed by atoms with van der Waals surface area (Å²) >= 11 is 0. The molecular weight excluding hydrogens is 236 g/mol. The summed E-state index contributed by atoms with van der Waals surface area (Å²) in [7, 11) is 0. The number of rotatable bonds is 3. The van der Waals surface area contributed by atoms with Gasteiger partial charge in [-0.25, -0.2) is 0 Å². The molecule has 0 spiro atoms. The molecule has 2 aromatic carbocycles. The number of hydrogen-bond donors (Lipinski definition) is 1. The molecule has 0 fully saturated rings. The van der Waals surface area contributed by atoms with Crippen LogP contribution in [-0.2, 0) is 0 Å². The average Bonchev–Trinajstić information content (AvgIpc) is 2.38. The molecule has 1 unspecified atom stereocenters. The molecular formula is C17H20O2. The molecule has 0 aliphatic heterocycles. The summed E-state index contributed by atoms with van der Waals surface area (Å²) in [5.74, 6) is 0.816. The number of hydrogen-bond acceptors (Lipinski definition) is 2. The predicted molar refractivity (Wildman–Crippen MR) is 77.3 cm³/mol. The summed E-state index contributed by atoms with van der Waals surface area (Å²) in [5, 5.41) is 10.3. The molecule has 0 amide bonds. The van der Waals surface area contributed by atoms with Crippen molar-refractivity contribution in [2.75, 3.05) is 0 Å². The maximum absolute atomic E-state index is 10.3. The topological polar surface area (TPSA) is 29.5 Å². The Hall–Kier alpha value is -1.80. The van der Waals surface area contributed by atoms with Crippen LogP contribution in [-0.4, -0.2) is 10.7 Å². The first-order chi connectivity index (χ1) is 8.96. The Balaban J connectivity index is 2.15. The van der Waals surface area contributed by atoms with Gasteiger partial charge in [0.05, 0.1) is 0 Å². The van der Waals surface area contributed by atoms with Gasteiger partial charge < -0.3 is 9.84 Å². The van der Waals surface area contributed by atoms with Crippen LogP contribution >= 0.6 is 0 Å². The minimum atomic E-state index is -0.593. The van der Waals surface area contributed by atoms with E-state index in [0.29, 0.717) is 0 Å². The van der Waals surface area contributed by atoms with Crippen LogP contribution < -0.4 is 4.74 Å². The van der Waals surface area contributed by atoms with E-state index < -0.39 is 6.10 Å². The Labute approximate surface area is 114 Å². The van der Waals surface area contributed by atoms with Crippen LogP contribution in [0.25, 0.3) is 0 Å². The summed E-state index contributed by atoms with van der Waals surface area (Å²) in [6.07, 6.45) is -0.593. The minimum absolute atomic E-state index is 0.209. The average molecular weight is 256 g/mol. The van der Waals surface area contributed by atoms with Crippen molar-refractivity contribution in [3.63, 3.8) is 0 Å². The normalized spacial score (nSPS) is 13.1. The van der Waals surface area contributed by atoms with Gasteiger partial charge in [0.25, 0.3) is 0 Å². The van der Waals surface area contributed by atoms with Gasteiger partial charge in [0.15, 0.2) is 0 Å². The summed E-state index contributed by atoms with van der Waals surface area (Å²) in [5.41, 5.74) is 1.55. The molecule has 0 aliphatic rings. The predicted octanol–water partition coefficient (Wildman–Crippen LogP) is 3.95. The maximum atomic E-state index is 10.3. The van der Waals surface area contributed by atoms with Crippen LogP contribution in [0.1, 0.15) is 38.0 Å². The first kappa shape index (κ1) is 13.6. The lowest BCUT2D eigenvalue weighted by Gasteiger charge is -2.21. The highest BCUT2D eigenvalue weighted by Gasteiger charge is 2.13. The SMILES string of the molecule is CC(C)(C)Oc1ccc(C(O)c2ccccc2)cc1. The van der Waals surface area contributed by atoms with Crippen LogP contribution in [0.3, 0.4) is 0 Å². The molecule has 2 aromatic rings. The lowest BCUT2D eigenvalue weighted by molar-refractivity contribution is 0.131. The molecule has 1 N–H and O–H groups in total. The zero-order chi connectivity index (χ0) is 13.9. The van der Waals surface area contributed by atoms with Crippen LogP contribution in [0.5, 0.6) is 5.75 Å². The number of aliphatic hydroxyl groups excluding tert-OH is 1. The van der Waals surface area contributed by atoms with Crippen molar-refractivity contribution >= 4 is 0 Å². The van der Waals surface area contributed by atoms with Crippen molar-refractivity contribution in [1.29, 1.82) is 0 Å². The van der Waals surface area contributed by atoms with Crippen LogP contribution in [0.2, 0.25) is 0 Å². The van der Waals surface area contributed by atoms with Crippen LogP contribution in [0, 0.1) is 0 Å². The third-order valence-corrected chi connectivity index (χ3v) is 2.74. The minimum Gasteiger partial charge on any atom is -0.488 e. The molecule has 0 heterocycles. The van der Waals surface area contributed by atoms with E-state index in [4.69, 9.17) is 4.74 Å². The molecule has 0 aromatic heterocycles. The number of aliphatic hydroxyl groups is 1. The van der Waals surface area contributed by atoms with Gasteiger partial charge in [-0.05, 0) is 44.0 Å².